The van der Waals surface area contributed by atoms with Crippen molar-refractivity contribution in [3.63, 3.8) is 0 Å². The predicted molar refractivity (Wildman–Crippen MR) is 83.5 cm³/mol. The highest BCUT2D eigenvalue weighted by Crippen LogP contribution is 2.29. The van der Waals surface area contributed by atoms with Gasteiger partial charge in [0.05, 0.1) is 0 Å². The van der Waals surface area contributed by atoms with Gasteiger partial charge < -0.3 is 4.74 Å². The Kier molecular flexibility index (Phi) is 5.74. The van der Waals surface area contributed by atoms with Crippen LogP contribution in [-0.4, -0.2) is 21.3 Å². The van der Waals surface area contributed by atoms with Crippen LogP contribution in [0.5, 0.6) is 5.75 Å². The maximum absolute atomic E-state index is 12.4. The van der Waals surface area contributed by atoms with E-state index in [4.69, 9.17) is 11.6 Å². The lowest BCUT2D eigenvalue weighted by Crippen LogP contribution is -2.27. The van der Waals surface area contributed by atoms with Crippen molar-refractivity contribution >= 4 is 21.6 Å². The fourth-order valence-corrected chi connectivity index (χ4v) is 3.22. The molecule has 0 saturated heterocycles. The second-order valence-electron chi connectivity index (χ2n) is 4.77. The molecular weight excluding hydrogens is 367 g/mol. The van der Waals surface area contributed by atoms with Gasteiger partial charge in [-0.25, -0.2) is 13.1 Å². The van der Waals surface area contributed by atoms with Gasteiger partial charge in [-0.05, 0) is 36.2 Å². The zero-order valence-electron chi connectivity index (χ0n) is 12.2. The van der Waals surface area contributed by atoms with Gasteiger partial charge in [-0.1, -0.05) is 35.9 Å². The third-order valence-corrected chi connectivity index (χ3v) is 4.74. The van der Waals surface area contributed by atoms with Gasteiger partial charge in [0.25, 0.3) is 0 Å². The topological polar surface area (TPSA) is 55.4 Å². The molecule has 9 heteroatoms. The van der Waals surface area contributed by atoms with Crippen molar-refractivity contribution in [1.29, 1.82) is 0 Å². The molecule has 0 atom stereocenters. The largest absolute Gasteiger partial charge is 0.573 e. The number of hydrogen-bond acceptors (Lipinski definition) is 3. The molecule has 0 aliphatic carbocycles. The van der Waals surface area contributed by atoms with Crippen LogP contribution in [0.2, 0.25) is 5.02 Å². The van der Waals surface area contributed by atoms with Crippen molar-refractivity contribution in [3.8, 4) is 5.75 Å². The minimum absolute atomic E-state index is 0.0182. The van der Waals surface area contributed by atoms with E-state index in [0.29, 0.717) is 11.4 Å². The normalized spacial score (nSPS) is 12.2. The van der Waals surface area contributed by atoms with Crippen molar-refractivity contribution in [2.45, 2.75) is 17.7 Å². The van der Waals surface area contributed by atoms with Crippen molar-refractivity contribution in [3.05, 3.63) is 59.1 Å². The fraction of sp³-hybridized carbons (Fsp3) is 0.200. The van der Waals surface area contributed by atoms with Crippen LogP contribution in [0, 0.1) is 0 Å². The Morgan fingerprint density at radius 2 is 1.67 bits per heavy atom. The van der Waals surface area contributed by atoms with Crippen LogP contribution in [-0.2, 0) is 16.4 Å². The first-order valence-corrected chi connectivity index (χ1v) is 8.62. The average Bonchev–Trinajstić information content (AvgIpc) is 2.48. The molecule has 0 unspecified atom stereocenters. The molecule has 0 saturated carbocycles. The van der Waals surface area contributed by atoms with E-state index in [1.807, 2.05) is 0 Å². The van der Waals surface area contributed by atoms with E-state index in [1.165, 1.54) is 12.1 Å². The van der Waals surface area contributed by atoms with Crippen molar-refractivity contribution < 1.29 is 26.3 Å². The molecule has 2 rings (SSSR count). The predicted octanol–water partition coefficient (Wildman–Crippen LogP) is 3.76. The number of nitrogens with one attached hydrogen (secondary N) is 1. The van der Waals surface area contributed by atoms with E-state index < -0.39 is 27.0 Å². The molecule has 24 heavy (non-hydrogen) atoms. The van der Waals surface area contributed by atoms with Gasteiger partial charge in [0.1, 0.15) is 10.6 Å². The summed E-state index contributed by atoms with van der Waals surface area (Å²) in [4.78, 5) is -0.571. The van der Waals surface area contributed by atoms with E-state index in [1.54, 1.807) is 24.3 Å². The highest BCUT2D eigenvalue weighted by Gasteiger charge is 2.33. The highest BCUT2D eigenvalue weighted by atomic mass is 35.5. The van der Waals surface area contributed by atoms with Crippen molar-refractivity contribution in [2.24, 2.45) is 0 Å². The summed E-state index contributed by atoms with van der Waals surface area (Å²) in [6.07, 6.45) is -4.62. The minimum atomic E-state index is -4.98. The number of hydrogen-bond donors (Lipinski definition) is 1. The van der Waals surface area contributed by atoms with Gasteiger partial charge in [0.2, 0.25) is 10.0 Å². The molecule has 0 aromatic heterocycles. The molecule has 0 fully saturated rings. The molecule has 0 amide bonds. The second-order valence-corrected chi connectivity index (χ2v) is 6.94. The Labute approximate surface area is 142 Å². The Balaban J connectivity index is 2.09. The number of benzene rings is 2. The number of para-hydroxylation sites is 1. The zero-order chi connectivity index (χ0) is 17.8. The number of rotatable bonds is 6. The van der Waals surface area contributed by atoms with E-state index in [-0.39, 0.29) is 6.54 Å². The second kappa shape index (κ2) is 7.42. The summed E-state index contributed by atoms with van der Waals surface area (Å²) in [6.45, 7) is 0.0182. The third-order valence-electron chi connectivity index (χ3n) is 2.98. The SMILES string of the molecule is O=S(=O)(NCCc1ccc(Cl)cc1)c1ccccc1OC(F)(F)F. The molecule has 0 radical (unpaired) electrons. The summed E-state index contributed by atoms with van der Waals surface area (Å²) < 4.78 is 67.5. The summed E-state index contributed by atoms with van der Waals surface area (Å²) in [5.41, 5.74) is 0.835. The average molecular weight is 380 g/mol. The third kappa shape index (κ3) is 5.40. The molecule has 130 valence electrons. The quantitative estimate of drug-likeness (QED) is 0.831. The van der Waals surface area contributed by atoms with Crippen LogP contribution in [0.1, 0.15) is 5.56 Å². The van der Waals surface area contributed by atoms with Crippen LogP contribution in [0.15, 0.2) is 53.4 Å². The van der Waals surface area contributed by atoms with Gasteiger partial charge in [-0.15, -0.1) is 13.2 Å². The molecular formula is C15H13ClF3NO3S. The molecule has 2 aromatic rings. The summed E-state index contributed by atoms with van der Waals surface area (Å²) in [5.74, 6) is -0.774. The molecule has 1 N–H and O–H groups in total. The van der Waals surface area contributed by atoms with E-state index in [9.17, 15) is 21.6 Å². The molecule has 4 nitrogen and oxygen atoms in total. The maximum Gasteiger partial charge on any atom is 0.573 e. The minimum Gasteiger partial charge on any atom is -0.404 e. The van der Waals surface area contributed by atoms with E-state index >= 15 is 0 Å². The summed E-state index contributed by atoms with van der Waals surface area (Å²) >= 11 is 5.75. The lowest BCUT2D eigenvalue weighted by Gasteiger charge is -2.14. The molecule has 0 spiro atoms. The van der Waals surface area contributed by atoms with Gasteiger partial charge in [-0.2, -0.15) is 0 Å². The van der Waals surface area contributed by atoms with Crippen molar-refractivity contribution in [1.82, 2.24) is 4.72 Å². The lowest BCUT2D eigenvalue weighted by atomic mass is 10.2. The fourth-order valence-electron chi connectivity index (χ4n) is 1.94. The van der Waals surface area contributed by atoms with E-state index in [2.05, 4.69) is 9.46 Å². The maximum atomic E-state index is 12.4. The summed E-state index contributed by atoms with van der Waals surface area (Å²) in [5, 5.41) is 0.553. The van der Waals surface area contributed by atoms with Crippen LogP contribution in [0.25, 0.3) is 0 Å². The molecule has 2 aromatic carbocycles. The van der Waals surface area contributed by atoms with Gasteiger partial charge in [0.15, 0.2) is 0 Å². The number of sulfonamides is 1. The zero-order valence-corrected chi connectivity index (χ0v) is 13.8. The molecule has 0 heterocycles. The number of alkyl halides is 3. The standard InChI is InChI=1S/C15H13ClF3NO3S/c16-12-7-5-11(6-8-12)9-10-20-24(21,22)14-4-2-1-3-13(14)23-15(17,18)19/h1-8,20H,9-10H2. The van der Waals surface area contributed by atoms with Crippen LogP contribution < -0.4 is 9.46 Å². The Bertz CT molecular complexity index is 792. The van der Waals surface area contributed by atoms with E-state index in [0.717, 1.165) is 17.7 Å². The van der Waals surface area contributed by atoms with Gasteiger partial charge in [0, 0.05) is 11.6 Å². The first-order chi connectivity index (χ1) is 11.2. The monoisotopic (exact) mass is 379 g/mol. The van der Waals surface area contributed by atoms with Crippen LogP contribution in [0.3, 0.4) is 0 Å². The summed E-state index contributed by atoms with van der Waals surface area (Å²) in [6, 6.07) is 11.4. The molecule has 0 aliphatic heterocycles. The molecule has 0 aliphatic rings. The number of halogens is 4. The number of ether oxygens (including phenoxy) is 1. The van der Waals surface area contributed by atoms with Gasteiger partial charge in [-0.3, -0.25) is 0 Å². The smallest absolute Gasteiger partial charge is 0.404 e. The highest BCUT2D eigenvalue weighted by molar-refractivity contribution is 7.89. The first-order valence-electron chi connectivity index (χ1n) is 6.76. The Hall–Kier alpha value is -1.77. The first kappa shape index (κ1) is 18.6. The Morgan fingerprint density at radius 1 is 1.04 bits per heavy atom. The Morgan fingerprint density at radius 3 is 2.29 bits per heavy atom. The summed E-state index contributed by atoms with van der Waals surface area (Å²) in [7, 11) is -4.14. The van der Waals surface area contributed by atoms with Crippen LogP contribution in [0.4, 0.5) is 13.2 Å². The molecule has 0 bridgehead atoms. The lowest BCUT2D eigenvalue weighted by molar-refractivity contribution is -0.275. The van der Waals surface area contributed by atoms with Gasteiger partial charge >= 0.3 is 6.36 Å². The van der Waals surface area contributed by atoms with Crippen molar-refractivity contribution in [2.75, 3.05) is 6.54 Å². The van der Waals surface area contributed by atoms with Crippen LogP contribution >= 0.6 is 11.6 Å².